The zero-order valence-corrected chi connectivity index (χ0v) is 26.3. The number of hydrogen-bond acceptors (Lipinski definition) is 8. The Morgan fingerprint density at radius 2 is 1.07 bits per heavy atom. The van der Waals surface area contributed by atoms with Crippen LogP contribution in [0.4, 0.5) is 22.7 Å². The number of para-hydroxylation sites is 4. The van der Waals surface area contributed by atoms with Crippen LogP contribution in [0.3, 0.4) is 0 Å². The number of rotatable bonds is 6. The number of esters is 2. The molecule has 4 aromatic rings. The number of fused-ring (bicyclic) bond motifs is 2. The molecule has 0 aromatic heterocycles. The van der Waals surface area contributed by atoms with Crippen molar-refractivity contribution in [2.45, 2.75) is 27.7 Å². The first kappa shape index (κ1) is 31.7. The van der Waals surface area contributed by atoms with Gasteiger partial charge in [0.05, 0.1) is 53.1 Å². The van der Waals surface area contributed by atoms with Crippen molar-refractivity contribution in [2.75, 3.05) is 23.8 Å². The van der Waals surface area contributed by atoms with Crippen molar-refractivity contribution >= 4 is 51.8 Å². The minimum Gasteiger partial charge on any atom is -0.462 e. The Kier molecular flexibility index (Phi) is 10.2. The monoisotopic (exact) mass is 612 g/mol. The van der Waals surface area contributed by atoms with Crippen LogP contribution in [0.15, 0.2) is 136 Å². The highest BCUT2D eigenvalue weighted by Crippen LogP contribution is 2.34. The molecule has 0 atom stereocenters. The molecule has 0 saturated heterocycles. The third-order valence-corrected chi connectivity index (χ3v) is 7.20. The predicted octanol–water partition coefficient (Wildman–Crippen LogP) is 8.25. The molecular formula is C38H36N4O4. The molecule has 8 nitrogen and oxygen atoms in total. The number of benzene rings is 4. The number of aliphatic imine (C=N–C) groups is 2. The van der Waals surface area contributed by atoms with Crippen molar-refractivity contribution in [2.24, 2.45) is 9.98 Å². The average molecular weight is 613 g/mol. The molecule has 4 aromatic carbocycles. The van der Waals surface area contributed by atoms with Gasteiger partial charge < -0.3 is 20.1 Å². The molecule has 5 rings (SSSR count). The van der Waals surface area contributed by atoms with E-state index in [0.29, 0.717) is 45.6 Å². The Morgan fingerprint density at radius 3 is 1.65 bits per heavy atom. The maximum Gasteiger partial charge on any atom is 0.342 e. The summed E-state index contributed by atoms with van der Waals surface area (Å²) in [5.74, 6) is -1.03. The molecule has 0 amide bonds. The largest absolute Gasteiger partial charge is 0.462 e. The van der Waals surface area contributed by atoms with Crippen LogP contribution in [0.2, 0.25) is 0 Å². The number of carbonyl (C=O) groups excluding carboxylic acids is 2. The van der Waals surface area contributed by atoms with E-state index in [1.807, 2.05) is 116 Å². The molecule has 0 bridgehead atoms. The maximum absolute atomic E-state index is 13.7. The van der Waals surface area contributed by atoms with Gasteiger partial charge in [-0.15, -0.1) is 0 Å². The first-order valence-electron chi connectivity index (χ1n) is 15.2. The zero-order chi connectivity index (χ0) is 32.5. The lowest BCUT2D eigenvalue weighted by Crippen LogP contribution is -2.21. The summed E-state index contributed by atoms with van der Waals surface area (Å²) in [5, 5.41) is 6.91. The predicted molar refractivity (Wildman–Crippen MR) is 185 cm³/mol. The lowest BCUT2D eigenvalue weighted by Gasteiger charge is -2.21. The first-order valence-corrected chi connectivity index (χ1v) is 15.2. The van der Waals surface area contributed by atoms with Gasteiger partial charge in [-0.3, -0.25) is 4.99 Å². The second kappa shape index (κ2) is 14.8. The average Bonchev–Trinajstić information content (AvgIpc) is 3.06. The minimum atomic E-state index is -0.515. The van der Waals surface area contributed by atoms with Crippen LogP contribution in [-0.4, -0.2) is 36.6 Å². The first-order chi connectivity index (χ1) is 22.4. The second-order valence-electron chi connectivity index (χ2n) is 10.4. The quantitative estimate of drug-likeness (QED) is 0.213. The second-order valence-corrected chi connectivity index (χ2v) is 10.4. The van der Waals surface area contributed by atoms with E-state index in [2.05, 4.69) is 10.6 Å². The Bertz CT molecular complexity index is 1860. The van der Waals surface area contributed by atoms with E-state index in [9.17, 15) is 9.59 Å². The van der Waals surface area contributed by atoms with E-state index >= 15 is 0 Å². The van der Waals surface area contributed by atoms with Gasteiger partial charge >= 0.3 is 11.9 Å². The van der Waals surface area contributed by atoms with Gasteiger partial charge in [0.15, 0.2) is 0 Å². The molecule has 8 heteroatoms. The van der Waals surface area contributed by atoms with Gasteiger partial charge in [-0.2, -0.15) is 0 Å². The van der Waals surface area contributed by atoms with Gasteiger partial charge in [0.2, 0.25) is 0 Å². The molecule has 0 unspecified atom stereocenters. The van der Waals surface area contributed by atoms with Crippen molar-refractivity contribution in [1.82, 2.24) is 0 Å². The summed E-state index contributed by atoms with van der Waals surface area (Å²) in [5.41, 5.74) is 6.26. The Hall–Kier alpha value is -5.76. The van der Waals surface area contributed by atoms with E-state index in [-0.39, 0.29) is 24.4 Å². The SMILES string of the molecule is CCOC(=O)/C1=C(/C)Nc2ccccc2N=C(C)/C(C(=O)OCC)=C(\c2ccccc2)Nc2ccccc2N=C1c1ccccc1. The summed E-state index contributed by atoms with van der Waals surface area (Å²) < 4.78 is 11.2. The van der Waals surface area contributed by atoms with Crippen molar-refractivity contribution in [3.63, 3.8) is 0 Å². The van der Waals surface area contributed by atoms with E-state index in [1.54, 1.807) is 20.8 Å². The molecule has 0 spiro atoms. The molecule has 2 N–H and O–H groups in total. The minimum absolute atomic E-state index is 0.192. The normalized spacial score (nSPS) is 16.7. The Morgan fingerprint density at radius 1 is 0.587 bits per heavy atom. The molecule has 1 aliphatic heterocycles. The molecule has 0 saturated carbocycles. The van der Waals surface area contributed by atoms with Crippen molar-refractivity contribution in [1.29, 1.82) is 0 Å². The molecule has 1 aliphatic rings. The van der Waals surface area contributed by atoms with E-state index < -0.39 is 11.9 Å². The van der Waals surface area contributed by atoms with Gasteiger partial charge in [-0.1, -0.05) is 84.9 Å². The van der Waals surface area contributed by atoms with E-state index in [4.69, 9.17) is 19.5 Å². The van der Waals surface area contributed by atoms with Crippen LogP contribution in [0.1, 0.15) is 38.8 Å². The topological polar surface area (TPSA) is 101 Å². The molecular weight excluding hydrogens is 576 g/mol. The van der Waals surface area contributed by atoms with Crippen molar-refractivity contribution in [3.8, 4) is 0 Å². The number of nitrogens with zero attached hydrogens (tertiary/aromatic N) is 2. The Labute approximate surface area is 269 Å². The summed E-state index contributed by atoms with van der Waals surface area (Å²) in [6.07, 6.45) is 0. The molecule has 232 valence electrons. The molecule has 1 heterocycles. The molecule has 0 aliphatic carbocycles. The number of anilines is 2. The molecule has 0 radical (unpaired) electrons. The number of nitrogens with one attached hydrogen (secondary N) is 2. The molecule has 46 heavy (non-hydrogen) atoms. The van der Waals surface area contributed by atoms with Crippen LogP contribution >= 0.6 is 0 Å². The van der Waals surface area contributed by atoms with Gasteiger partial charge in [-0.25, -0.2) is 14.6 Å². The van der Waals surface area contributed by atoms with Crippen LogP contribution in [0, 0.1) is 0 Å². The highest BCUT2D eigenvalue weighted by atomic mass is 16.5. The van der Waals surface area contributed by atoms with Crippen LogP contribution in [0.25, 0.3) is 5.70 Å². The van der Waals surface area contributed by atoms with Gasteiger partial charge in [0.25, 0.3) is 0 Å². The van der Waals surface area contributed by atoms with Gasteiger partial charge in [0, 0.05) is 11.3 Å². The standard InChI is InChI=1S/C38H36N4O4/c1-5-45-37(43)33-25(3)39-29-21-13-14-22-30(29)40-26(4)34(38(44)46-6-2)36(28-19-11-8-12-20-28)42-32-24-16-15-23-31(32)41-35(33)27-17-9-7-10-18-27/h7-24,39,42H,5-6H2,1-4H3/b33-25-,36-34-,40-26?,41-35?. The lowest BCUT2D eigenvalue weighted by molar-refractivity contribution is -0.138. The number of ether oxygens (including phenoxy) is 2. The van der Waals surface area contributed by atoms with Crippen LogP contribution < -0.4 is 10.6 Å². The lowest BCUT2D eigenvalue weighted by atomic mass is 9.99. The zero-order valence-electron chi connectivity index (χ0n) is 26.3. The van der Waals surface area contributed by atoms with Gasteiger partial charge in [-0.05, 0) is 57.5 Å². The summed E-state index contributed by atoms with van der Waals surface area (Å²) in [6, 6.07) is 34.0. The number of hydrogen-bond donors (Lipinski definition) is 2. The van der Waals surface area contributed by atoms with Crippen molar-refractivity contribution in [3.05, 3.63) is 137 Å². The van der Waals surface area contributed by atoms with Crippen molar-refractivity contribution < 1.29 is 19.1 Å². The summed E-state index contributed by atoms with van der Waals surface area (Å²) in [6.45, 7) is 7.52. The summed E-state index contributed by atoms with van der Waals surface area (Å²) >= 11 is 0. The smallest absolute Gasteiger partial charge is 0.342 e. The van der Waals surface area contributed by atoms with Crippen LogP contribution in [0.5, 0.6) is 0 Å². The highest BCUT2D eigenvalue weighted by molar-refractivity contribution is 6.28. The molecule has 0 fully saturated rings. The van der Waals surface area contributed by atoms with E-state index in [1.165, 1.54) is 0 Å². The fraction of sp³-hybridized carbons (Fsp3) is 0.158. The number of carbonyl (C=O) groups is 2. The summed E-state index contributed by atoms with van der Waals surface area (Å²) in [7, 11) is 0. The maximum atomic E-state index is 13.7. The highest BCUT2D eigenvalue weighted by Gasteiger charge is 2.26. The number of allylic oxidation sites excluding steroid dienone is 1. The third kappa shape index (κ3) is 7.13. The Balaban J connectivity index is 1.90. The van der Waals surface area contributed by atoms with E-state index in [0.717, 1.165) is 11.1 Å². The third-order valence-electron chi connectivity index (χ3n) is 7.20. The fourth-order valence-corrected chi connectivity index (χ4v) is 5.12. The van der Waals surface area contributed by atoms with Gasteiger partial charge in [0.1, 0.15) is 11.1 Å². The fourth-order valence-electron chi connectivity index (χ4n) is 5.12. The summed E-state index contributed by atoms with van der Waals surface area (Å²) in [4.78, 5) is 37.5. The van der Waals surface area contributed by atoms with Crippen LogP contribution in [-0.2, 0) is 19.1 Å².